The third-order valence-electron chi connectivity index (χ3n) is 2.78. The van der Waals surface area contributed by atoms with Gasteiger partial charge in [-0.1, -0.05) is 17.7 Å². The molecule has 2 rings (SSSR count). The SMILES string of the molecule is Cc1ccc2c(c1)C(=O)OC(C)(C(=O)O)C2. The fourth-order valence-corrected chi connectivity index (χ4v) is 1.81. The Bertz CT molecular complexity index is 478. The van der Waals surface area contributed by atoms with Crippen LogP contribution in [0.2, 0.25) is 0 Å². The number of benzene rings is 1. The van der Waals surface area contributed by atoms with Gasteiger partial charge in [-0.2, -0.15) is 0 Å². The van der Waals surface area contributed by atoms with Gasteiger partial charge in [0.2, 0.25) is 5.60 Å². The second-order valence-electron chi connectivity index (χ2n) is 4.26. The lowest BCUT2D eigenvalue weighted by Crippen LogP contribution is -2.45. The Morgan fingerprint density at radius 1 is 1.50 bits per heavy atom. The number of aliphatic carboxylic acids is 1. The Labute approximate surface area is 92.8 Å². The van der Waals surface area contributed by atoms with Gasteiger partial charge >= 0.3 is 11.9 Å². The van der Waals surface area contributed by atoms with Crippen molar-refractivity contribution in [1.82, 2.24) is 0 Å². The van der Waals surface area contributed by atoms with Gasteiger partial charge in [0, 0.05) is 6.42 Å². The standard InChI is InChI=1S/C12H12O4/c1-7-3-4-8-6-12(2,11(14)15)16-10(13)9(8)5-7/h3-5H,6H2,1-2H3,(H,14,15). The van der Waals surface area contributed by atoms with Crippen LogP contribution in [-0.2, 0) is 16.0 Å². The fourth-order valence-electron chi connectivity index (χ4n) is 1.81. The maximum atomic E-state index is 11.7. The number of carboxylic acids is 1. The smallest absolute Gasteiger partial charge is 0.348 e. The Balaban J connectivity index is 2.49. The number of carboxylic acid groups (broad SMARTS) is 1. The average Bonchev–Trinajstić information content (AvgIpc) is 2.19. The normalized spacial score (nSPS) is 23.5. The Hall–Kier alpha value is -1.84. The molecule has 0 saturated carbocycles. The van der Waals surface area contributed by atoms with Crippen molar-refractivity contribution in [2.24, 2.45) is 0 Å². The number of fused-ring (bicyclic) bond motifs is 1. The van der Waals surface area contributed by atoms with Gasteiger partial charge in [-0.05, 0) is 25.5 Å². The molecule has 0 fully saturated rings. The van der Waals surface area contributed by atoms with Gasteiger partial charge in [-0.3, -0.25) is 0 Å². The molecule has 1 aliphatic heterocycles. The summed E-state index contributed by atoms with van der Waals surface area (Å²) < 4.78 is 4.98. The maximum absolute atomic E-state index is 11.7. The first-order valence-electron chi connectivity index (χ1n) is 4.99. The predicted molar refractivity (Wildman–Crippen MR) is 56.3 cm³/mol. The monoisotopic (exact) mass is 220 g/mol. The summed E-state index contributed by atoms with van der Waals surface area (Å²) >= 11 is 0. The van der Waals surface area contributed by atoms with Crippen LogP contribution in [0.25, 0.3) is 0 Å². The van der Waals surface area contributed by atoms with Gasteiger partial charge in [0.25, 0.3) is 0 Å². The zero-order valence-electron chi connectivity index (χ0n) is 9.11. The quantitative estimate of drug-likeness (QED) is 0.729. The molecule has 0 radical (unpaired) electrons. The largest absolute Gasteiger partial charge is 0.478 e. The van der Waals surface area contributed by atoms with E-state index in [9.17, 15) is 9.59 Å². The predicted octanol–water partition coefficient (Wildman–Crippen LogP) is 1.55. The van der Waals surface area contributed by atoms with Crippen molar-refractivity contribution < 1.29 is 19.4 Å². The molecule has 16 heavy (non-hydrogen) atoms. The van der Waals surface area contributed by atoms with Crippen molar-refractivity contribution in [2.45, 2.75) is 25.9 Å². The van der Waals surface area contributed by atoms with E-state index in [1.165, 1.54) is 6.92 Å². The van der Waals surface area contributed by atoms with Gasteiger partial charge in [0.05, 0.1) is 5.56 Å². The number of hydrogen-bond donors (Lipinski definition) is 1. The molecule has 1 atom stereocenters. The van der Waals surface area contributed by atoms with Crippen molar-refractivity contribution >= 4 is 11.9 Å². The molecule has 0 saturated heterocycles. The summed E-state index contributed by atoms with van der Waals surface area (Å²) in [6.07, 6.45) is 0.212. The molecule has 1 heterocycles. The summed E-state index contributed by atoms with van der Waals surface area (Å²) in [4.78, 5) is 22.7. The molecule has 0 aromatic heterocycles. The van der Waals surface area contributed by atoms with E-state index in [4.69, 9.17) is 9.84 Å². The van der Waals surface area contributed by atoms with E-state index in [-0.39, 0.29) is 6.42 Å². The summed E-state index contributed by atoms with van der Waals surface area (Å²) in [7, 11) is 0. The molecular weight excluding hydrogens is 208 g/mol. The van der Waals surface area contributed by atoms with Gasteiger partial charge in [-0.15, -0.1) is 0 Å². The number of carbonyl (C=O) groups is 2. The van der Waals surface area contributed by atoms with Crippen LogP contribution >= 0.6 is 0 Å². The molecule has 4 heteroatoms. The summed E-state index contributed by atoms with van der Waals surface area (Å²) in [6, 6.07) is 5.37. The van der Waals surface area contributed by atoms with E-state index >= 15 is 0 Å². The zero-order chi connectivity index (χ0) is 11.9. The minimum atomic E-state index is -1.45. The average molecular weight is 220 g/mol. The minimum absolute atomic E-state index is 0.212. The molecule has 4 nitrogen and oxygen atoms in total. The summed E-state index contributed by atoms with van der Waals surface area (Å²) in [6.45, 7) is 3.29. The van der Waals surface area contributed by atoms with Gasteiger partial charge in [-0.25, -0.2) is 9.59 Å². The van der Waals surface area contributed by atoms with E-state index in [0.29, 0.717) is 5.56 Å². The van der Waals surface area contributed by atoms with E-state index in [2.05, 4.69) is 0 Å². The molecule has 1 aromatic carbocycles. The number of aryl methyl sites for hydroxylation is 1. The lowest BCUT2D eigenvalue weighted by molar-refractivity contribution is -0.158. The zero-order valence-corrected chi connectivity index (χ0v) is 9.11. The minimum Gasteiger partial charge on any atom is -0.478 e. The molecular formula is C12H12O4. The third kappa shape index (κ3) is 1.56. The molecule has 1 aliphatic rings. The Morgan fingerprint density at radius 2 is 2.19 bits per heavy atom. The number of carbonyl (C=O) groups excluding carboxylic acids is 1. The van der Waals surface area contributed by atoms with Crippen LogP contribution in [0.3, 0.4) is 0 Å². The molecule has 0 aliphatic carbocycles. The highest BCUT2D eigenvalue weighted by atomic mass is 16.6. The number of esters is 1. The lowest BCUT2D eigenvalue weighted by Gasteiger charge is -2.30. The highest BCUT2D eigenvalue weighted by Crippen LogP contribution is 2.28. The number of cyclic esters (lactones) is 1. The summed E-state index contributed by atoms with van der Waals surface area (Å²) in [5.41, 5.74) is 0.708. The topological polar surface area (TPSA) is 63.6 Å². The maximum Gasteiger partial charge on any atom is 0.348 e. The molecule has 1 unspecified atom stereocenters. The number of rotatable bonds is 1. The van der Waals surface area contributed by atoms with E-state index < -0.39 is 17.5 Å². The van der Waals surface area contributed by atoms with Crippen molar-refractivity contribution in [3.63, 3.8) is 0 Å². The molecule has 0 spiro atoms. The first kappa shape index (κ1) is 10.7. The van der Waals surface area contributed by atoms with Gasteiger partial charge < -0.3 is 9.84 Å². The van der Waals surface area contributed by atoms with Crippen LogP contribution in [0.1, 0.15) is 28.4 Å². The first-order valence-corrected chi connectivity index (χ1v) is 4.99. The summed E-state index contributed by atoms with van der Waals surface area (Å²) in [5.74, 6) is -1.68. The van der Waals surface area contributed by atoms with Crippen LogP contribution in [0.15, 0.2) is 18.2 Å². The lowest BCUT2D eigenvalue weighted by atomic mass is 9.89. The Kier molecular flexibility index (Phi) is 2.22. The van der Waals surface area contributed by atoms with E-state index in [0.717, 1.165) is 11.1 Å². The molecule has 0 bridgehead atoms. The van der Waals surface area contributed by atoms with Gasteiger partial charge in [0.1, 0.15) is 0 Å². The molecule has 84 valence electrons. The molecule has 0 amide bonds. The highest BCUT2D eigenvalue weighted by Gasteiger charge is 2.42. The van der Waals surface area contributed by atoms with Crippen molar-refractivity contribution in [3.8, 4) is 0 Å². The molecule has 1 aromatic rings. The Morgan fingerprint density at radius 3 is 2.81 bits per heavy atom. The van der Waals surface area contributed by atoms with Crippen molar-refractivity contribution in [2.75, 3.05) is 0 Å². The van der Waals surface area contributed by atoms with Crippen LogP contribution in [0.4, 0.5) is 0 Å². The number of hydrogen-bond acceptors (Lipinski definition) is 3. The number of ether oxygens (including phenoxy) is 1. The van der Waals surface area contributed by atoms with Gasteiger partial charge in [0.15, 0.2) is 0 Å². The van der Waals surface area contributed by atoms with Crippen LogP contribution in [0, 0.1) is 6.92 Å². The second-order valence-corrected chi connectivity index (χ2v) is 4.26. The first-order chi connectivity index (χ1) is 7.42. The van der Waals surface area contributed by atoms with E-state index in [1.807, 2.05) is 13.0 Å². The van der Waals surface area contributed by atoms with Crippen LogP contribution < -0.4 is 0 Å². The second kappa shape index (κ2) is 3.33. The summed E-state index contributed by atoms with van der Waals surface area (Å²) in [5, 5.41) is 9.02. The third-order valence-corrected chi connectivity index (χ3v) is 2.78. The fraction of sp³-hybridized carbons (Fsp3) is 0.333. The highest BCUT2D eigenvalue weighted by molar-refractivity contribution is 5.96. The van der Waals surface area contributed by atoms with Crippen LogP contribution in [0.5, 0.6) is 0 Å². The molecule has 1 N–H and O–H groups in total. The van der Waals surface area contributed by atoms with Crippen LogP contribution in [-0.4, -0.2) is 22.6 Å². The van der Waals surface area contributed by atoms with Crippen molar-refractivity contribution in [1.29, 1.82) is 0 Å². The van der Waals surface area contributed by atoms with Crippen molar-refractivity contribution in [3.05, 3.63) is 34.9 Å². The van der Waals surface area contributed by atoms with E-state index in [1.54, 1.807) is 12.1 Å².